The van der Waals surface area contributed by atoms with Gasteiger partial charge in [0, 0.05) is 23.0 Å². The zero-order valence-corrected chi connectivity index (χ0v) is 14.0. The summed E-state index contributed by atoms with van der Waals surface area (Å²) < 4.78 is 0. The van der Waals surface area contributed by atoms with E-state index in [1.54, 1.807) is 36.5 Å². The van der Waals surface area contributed by atoms with Crippen molar-refractivity contribution >= 4 is 23.2 Å². The van der Waals surface area contributed by atoms with Gasteiger partial charge in [-0.3, -0.25) is 9.89 Å². The van der Waals surface area contributed by atoms with E-state index in [1.165, 1.54) is 6.20 Å². The van der Waals surface area contributed by atoms with Gasteiger partial charge in [0.2, 0.25) is 5.91 Å². The average molecular weight is 352 g/mol. The van der Waals surface area contributed by atoms with Gasteiger partial charge in [-0.05, 0) is 30.0 Å². The van der Waals surface area contributed by atoms with Gasteiger partial charge in [-0.15, -0.1) is 0 Å². The molecule has 2 rings (SSSR count). The van der Waals surface area contributed by atoms with E-state index in [2.05, 4.69) is 27.4 Å². The van der Waals surface area contributed by atoms with Gasteiger partial charge in [-0.25, -0.2) is 4.79 Å². The molecule has 8 heteroatoms. The molecule has 0 saturated carbocycles. The molecule has 0 spiro atoms. The number of primary amides is 1. The van der Waals surface area contributed by atoms with E-state index >= 15 is 0 Å². The first-order chi connectivity index (χ1) is 12.5. The molecule has 8 nitrogen and oxygen atoms in total. The molecule has 0 aliphatic carbocycles. The molecule has 1 heterocycles. The lowest BCUT2D eigenvalue weighted by atomic mass is 10.0. The lowest BCUT2D eigenvalue weighted by Crippen LogP contribution is -2.36. The molecule has 0 fully saturated rings. The van der Waals surface area contributed by atoms with Crippen LogP contribution in [0.4, 0.5) is 10.5 Å². The van der Waals surface area contributed by atoms with Gasteiger partial charge in [0.15, 0.2) is 0 Å². The van der Waals surface area contributed by atoms with Crippen LogP contribution >= 0.6 is 0 Å². The molecule has 134 valence electrons. The molecule has 26 heavy (non-hydrogen) atoms. The Balaban J connectivity index is 2.27. The van der Waals surface area contributed by atoms with Crippen LogP contribution in [-0.2, 0) is 4.79 Å². The third-order valence-corrected chi connectivity index (χ3v) is 3.37. The number of hydrogen-bond donors (Lipinski definition) is 5. The van der Waals surface area contributed by atoms with Gasteiger partial charge in [-0.1, -0.05) is 30.9 Å². The molecule has 0 atom stereocenters. The van der Waals surface area contributed by atoms with E-state index in [4.69, 9.17) is 11.5 Å². The number of benzene rings is 1. The second kappa shape index (κ2) is 8.88. The highest BCUT2D eigenvalue weighted by Crippen LogP contribution is 2.29. The molecule has 0 aliphatic heterocycles. The standard InChI is InChI=1S/C18H20N6O2/c1-2-4-12(7-8-19)15-10-22-24-17(15)13-5-3-6-14(9-13)23-16(25)11-21-18(20)26/h2-10H,1,11,19H2,(H,22,24)(H,23,25)(H3,20,21,26)/b8-7-,12-4+. The molecule has 7 N–H and O–H groups in total. The number of nitrogens with two attached hydrogens (primary N) is 2. The van der Waals surface area contributed by atoms with Crippen LogP contribution in [0, 0.1) is 0 Å². The molecular formula is C18H20N6O2. The van der Waals surface area contributed by atoms with E-state index < -0.39 is 6.03 Å². The number of H-pyrrole nitrogens is 1. The van der Waals surface area contributed by atoms with Crippen molar-refractivity contribution < 1.29 is 9.59 Å². The largest absolute Gasteiger partial charge is 0.405 e. The smallest absolute Gasteiger partial charge is 0.312 e. The minimum atomic E-state index is -0.760. The van der Waals surface area contributed by atoms with Crippen molar-refractivity contribution in [1.29, 1.82) is 0 Å². The fourth-order valence-corrected chi connectivity index (χ4v) is 2.31. The van der Waals surface area contributed by atoms with Crippen molar-refractivity contribution in [3.05, 3.63) is 67.0 Å². The van der Waals surface area contributed by atoms with Gasteiger partial charge in [0.05, 0.1) is 12.2 Å². The van der Waals surface area contributed by atoms with Crippen LogP contribution in [0.1, 0.15) is 5.56 Å². The highest BCUT2D eigenvalue weighted by atomic mass is 16.2. The lowest BCUT2D eigenvalue weighted by molar-refractivity contribution is -0.115. The average Bonchev–Trinajstić information content (AvgIpc) is 3.09. The van der Waals surface area contributed by atoms with Gasteiger partial charge >= 0.3 is 6.03 Å². The lowest BCUT2D eigenvalue weighted by Gasteiger charge is -2.08. The molecule has 0 unspecified atom stereocenters. The minimum Gasteiger partial charge on any atom is -0.405 e. The Bertz CT molecular complexity index is 866. The van der Waals surface area contributed by atoms with Crippen LogP contribution in [0.2, 0.25) is 0 Å². The number of urea groups is 1. The summed E-state index contributed by atoms with van der Waals surface area (Å²) in [5.74, 6) is -0.387. The van der Waals surface area contributed by atoms with Gasteiger partial charge in [0.25, 0.3) is 0 Å². The topological polar surface area (TPSA) is 139 Å². The maximum atomic E-state index is 11.8. The molecule has 0 saturated heterocycles. The van der Waals surface area contributed by atoms with Gasteiger partial charge in [0.1, 0.15) is 0 Å². The normalized spacial score (nSPS) is 11.3. The number of nitrogens with zero attached hydrogens (tertiary/aromatic N) is 1. The fourth-order valence-electron chi connectivity index (χ4n) is 2.31. The second-order valence-electron chi connectivity index (χ2n) is 5.21. The molecule has 2 aromatic rings. The number of allylic oxidation sites excluding steroid dienone is 4. The molecule has 1 aromatic heterocycles. The molecule has 0 bridgehead atoms. The first kappa shape index (κ1) is 18.5. The Labute approximate surface area is 150 Å². The minimum absolute atomic E-state index is 0.208. The zero-order chi connectivity index (χ0) is 18.9. The number of aromatic amines is 1. The van der Waals surface area contributed by atoms with Crippen molar-refractivity contribution in [3.63, 3.8) is 0 Å². The zero-order valence-electron chi connectivity index (χ0n) is 14.0. The summed E-state index contributed by atoms with van der Waals surface area (Å²) in [4.78, 5) is 22.5. The summed E-state index contributed by atoms with van der Waals surface area (Å²) in [5, 5.41) is 12.0. The number of carbonyl (C=O) groups is 2. The van der Waals surface area contributed by atoms with E-state index in [9.17, 15) is 9.59 Å². The number of carbonyl (C=O) groups excluding carboxylic acids is 2. The molecule has 0 aliphatic rings. The Morgan fingerprint density at radius 2 is 2.15 bits per heavy atom. The van der Waals surface area contributed by atoms with Crippen molar-refractivity contribution in [2.24, 2.45) is 11.5 Å². The monoisotopic (exact) mass is 352 g/mol. The Kier molecular flexibility index (Phi) is 6.33. The number of anilines is 1. The number of rotatable bonds is 7. The second-order valence-corrected chi connectivity index (χ2v) is 5.21. The van der Waals surface area contributed by atoms with Crippen LogP contribution in [0.25, 0.3) is 16.8 Å². The maximum absolute atomic E-state index is 11.8. The Morgan fingerprint density at radius 3 is 2.85 bits per heavy atom. The predicted molar refractivity (Wildman–Crippen MR) is 102 cm³/mol. The van der Waals surface area contributed by atoms with Crippen molar-refractivity contribution in [2.75, 3.05) is 11.9 Å². The number of hydrogen-bond acceptors (Lipinski definition) is 4. The first-order valence-corrected chi connectivity index (χ1v) is 7.74. The van der Waals surface area contributed by atoms with Crippen LogP contribution in [-0.4, -0.2) is 28.7 Å². The van der Waals surface area contributed by atoms with E-state index in [0.29, 0.717) is 11.4 Å². The highest BCUT2D eigenvalue weighted by molar-refractivity contribution is 5.95. The Hall–Kier alpha value is -3.81. The third-order valence-electron chi connectivity index (χ3n) is 3.37. The van der Waals surface area contributed by atoms with Gasteiger partial charge in [-0.2, -0.15) is 5.10 Å². The summed E-state index contributed by atoms with van der Waals surface area (Å²) in [6.45, 7) is 3.50. The summed E-state index contributed by atoms with van der Waals surface area (Å²) in [6, 6.07) is 6.41. The van der Waals surface area contributed by atoms with E-state index in [1.807, 2.05) is 12.1 Å². The van der Waals surface area contributed by atoms with Crippen molar-refractivity contribution in [1.82, 2.24) is 15.5 Å². The van der Waals surface area contributed by atoms with Crippen LogP contribution in [0.3, 0.4) is 0 Å². The Morgan fingerprint density at radius 1 is 1.35 bits per heavy atom. The van der Waals surface area contributed by atoms with Crippen LogP contribution in [0.15, 0.2) is 61.5 Å². The number of amides is 3. The number of nitrogens with one attached hydrogen (secondary N) is 3. The summed E-state index contributed by atoms with van der Waals surface area (Å²) >= 11 is 0. The van der Waals surface area contributed by atoms with Crippen LogP contribution < -0.4 is 22.1 Å². The summed E-state index contributed by atoms with van der Waals surface area (Å²) in [6.07, 6.45) is 8.42. The summed E-state index contributed by atoms with van der Waals surface area (Å²) in [5.41, 5.74) is 14.2. The van der Waals surface area contributed by atoms with Gasteiger partial charge < -0.3 is 22.1 Å². The van der Waals surface area contributed by atoms with Crippen LogP contribution in [0.5, 0.6) is 0 Å². The highest BCUT2D eigenvalue weighted by Gasteiger charge is 2.12. The molecular weight excluding hydrogens is 332 g/mol. The third kappa shape index (κ3) is 4.84. The number of aromatic nitrogens is 2. The quantitative estimate of drug-likeness (QED) is 0.484. The van der Waals surface area contributed by atoms with Crippen molar-refractivity contribution in [2.45, 2.75) is 0 Å². The first-order valence-electron chi connectivity index (χ1n) is 7.74. The maximum Gasteiger partial charge on any atom is 0.312 e. The predicted octanol–water partition coefficient (Wildman–Crippen LogP) is 1.73. The van der Waals surface area contributed by atoms with Crippen molar-refractivity contribution in [3.8, 4) is 11.3 Å². The molecule has 3 amide bonds. The fraction of sp³-hybridized carbons (Fsp3) is 0.0556. The van der Waals surface area contributed by atoms with E-state index in [0.717, 1.165) is 16.7 Å². The van der Waals surface area contributed by atoms with E-state index in [-0.39, 0.29) is 12.5 Å². The summed E-state index contributed by atoms with van der Waals surface area (Å²) in [7, 11) is 0. The molecule has 1 aromatic carbocycles. The SMILES string of the molecule is C=C/C=C(\C=C/N)c1c[nH]nc1-c1cccc(NC(=O)CNC(N)=O)c1. The molecule has 0 radical (unpaired) electrons.